The van der Waals surface area contributed by atoms with Crippen molar-refractivity contribution in [3.05, 3.63) is 23.2 Å². The summed E-state index contributed by atoms with van der Waals surface area (Å²) in [6, 6.07) is 4.80. The second-order valence-corrected chi connectivity index (χ2v) is 6.30. The third kappa shape index (κ3) is 4.56. The summed E-state index contributed by atoms with van der Waals surface area (Å²) in [7, 11) is 2.53. The summed E-state index contributed by atoms with van der Waals surface area (Å²) in [4.78, 5) is 13.8. The molecule has 1 saturated heterocycles. The van der Waals surface area contributed by atoms with Crippen LogP contribution < -0.4 is 10.1 Å². The summed E-state index contributed by atoms with van der Waals surface area (Å²) < 4.78 is 49.3. The lowest BCUT2D eigenvalue weighted by Crippen LogP contribution is -2.55. The molecular formula is C16H20ClF3N2O3. The Balaban J connectivity index is 1.94. The lowest BCUT2D eigenvalue weighted by atomic mass is 9.90. The van der Waals surface area contributed by atoms with Gasteiger partial charge in [0.2, 0.25) is 5.91 Å². The van der Waals surface area contributed by atoms with Gasteiger partial charge in [0.05, 0.1) is 19.3 Å². The van der Waals surface area contributed by atoms with Crippen molar-refractivity contribution in [3.63, 3.8) is 0 Å². The van der Waals surface area contributed by atoms with Gasteiger partial charge in [-0.15, -0.1) is 0 Å². The van der Waals surface area contributed by atoms with E-state index in [4.69, 9.17) is 21.1 Å². The molecule has 0 spiro atoms. The fraction of sp³-hybridized carbons (Fsp3) is 0.562. The highest BCUT2D eigenvalue weighted by atomic mass is 35.5. The van der Waals surface area contributed by atoms with Crippen LogP contribution >= 0.6 is 11.6 Å². The first-order valence-corrected chi connectivity index (χ1v) is 8.06. The van der Waals surface area contributed by atoms with E-state index in [1.165, 1.54) is 7.11 Å². The van der Waals surface area contributed by atoms with Crippen LogP contribution in [0.15, 0.2) is 18.2 Å². The Morgan fingerprint density at radius 1 is 1.32 bits per heavy atom. The number of hydrogen-bond donors (Lipinski definition) is 1. The molecule has 1 aromatic carbocycles. The number of piperidine rings is 1. The van der Waals surface area contributed by atoms with E-state index in [0.29, 0.717) is 16.5 Å². The van der Waals surface area contributed by atoms with Gasteiger partial charge in [-0.2, -0.15) is 13.2 Å². The molecule has 1 aromatic rings. The molecule has 9 heteroatoms. The molecule has 0 aromatic heterocycles. The van der Waals surface area contributed by atoms with Crippen molar-refractivity contribution in [1.29, 1.82) is 0 Å². The molecule has 1 amide bonds. The standard InChI is InChI=1S/C16H20ClF3N2O3/c1-24-13-4-3-11(17)9-12(13)21-14(23)10-22-7-5-15(25-2,6-8-22)16(18,19)20/h3-4,9H,5-8,10H2,1-2H3,(H,21,23). The summed E-state index contributed by atoms with van der Waals surface area (Å²) >= 11 is 5.90. The first-order valence-electron chi connectivity index (χ1n) is 7.68. The Kier molecular flexibility index (Phi) is 6.18. The largest absolute Gasteiger partial charge is 0.495 e. The lowest BCUT2D eigenvalue weighted by molar-refractivity contribution is -0.282. The molecule has 2 rings (SSSR count). The van der Waals surface area contributed by atoms with Gasteiger partial charge >= 0.3 is 6.18 Å². The molecule has 0 aliphatic carbocycles. The van der Waals surface area contributed by atoms with Crippen molar-refractivity contribution in [2.75, 3.05) is 39.2 Å². The van der Waals surface area contributed by atoms with Gasteiger partial charge in [0.25, 0.3) is 0 Å². The Hall–Kier alpha value is -1.51. The van der Waals surface area contributed by atoms with E-state index in [-0.39, 0.29) is 38.4 Å². The zero-order chi connectivity index (χ0) is 18.7. The Labute approximate surface area is 149 Å². The minimum absolute atomic E-state index is 0.0205. The molecule has 0 unspecified atom stereocenters. The molecule has 5 nitrogen and oxygen atoms in total. The number of nitrogens with zero attached hydrogens (tertiary/aromatic N) is 1. The molecule has 140 valence electrons. The molecular weight excluding hydrogens is 361 g/mol. The van der Waals surface area contributed by atoms with Gasteiger partial charge in [0, 0.05) is 25.2 Å². The van der Waals surface area contributed by atoms with E-state index in [1.807, 2.05) is 0 Å². The van der Waals surface area contributed by atoms with Crippen molar-refractivity contribution in [3.8, 4) is 5.75 Å². The molecule has 1 fully saturated rings. The molecule has 0 bridgehead atoms. The predicted octanol–water partition coefficient (Wildman–Crippen LogP) is 3.33. The summed E-state index contributed by atoms with van der Waals surface area (Å²) in [5, 5.41) is 3.11. The van der Waals surface area contributed by atoms with Crippen LogP contribution in [0.2, 0.25) is 5.02 Å². The maximum absolute atomic E-state index is 13.1. The predicted molar refractivity (Wildman–Crippen MR) is 88.1 cm³/mol. The van der Waals surface area contributed by atoms with Crippen molar-refractivity contribution in [1.82, 2.24) is 4.90 Å². The van der Waals surface area contributed by atoms with Crippen LogP contribution in [0.1, 0.15) is 12.8 Å². The fourth-order valence-electron chi connectivity index (χ4n) is 2.85. The zero-order valence-corrected chi connectivity index (χ0v) is 14.7. The van der Waals surface area contributed by atoms with Gasteiger partial charge in [-0.3, -0.25) is 9.69 Å². The van der Waals surface area contributed by atoms with Crippen LogP contribution in [0.4, 0.5) is 18.9 Å². The molecule has 0 atom stereocenters. The second-order valence-electron chi connectivity index (χ2n) is 5.87. The lowest BCUT2D eigenvalue weighted by Gasteiger charge is -2.41. The summed E-state index contributed by atoms with van der Waals surface area (Å²) in [5.41, 5.74) is -1.71. The zero-order valence-electron chi connectivity index (χ0n) is 14.0. The minimum atomic E-state index is -4.43. The van der Waals surface area contributed by atoms with Gasteiger partial charge in [-0.1, -0.05) is 11.6 Å². The highest BCUT2D eigenvalue weighted by molar-refractivity contribution is 6.31. The van der Waals surface area contributed by atoms with E-state index in [1.54, 1.807) is 23.1 Å². The van der Waals surface area contributed by atoms with Gasteiger partial charge < -0.3 is 14.8 Å². The number of anilines is 1. The molecule has 0 saturated carbocycles. The van der Waals surface area contributed by atoms with Gasteiger partial charge in [0.15, 0.2) is 5.60 Å². The molecule has 1 aliphatic heterocycles. The fourth-order valence-corrected chi connectivity index (χ4v) is 3.02. The number of hydrogen-bond acceptors (Lipinski definition) is 4. The number of alkyl halides is 3. The number of carbonyl (C=O) groups excluding carboxylic acids is 1. The van der Waals surface area contributed by atoms with Crippen LogP contribution in [0.3, 0.4) is 0 Å². The van der Waals surface area contributed by atoms with Gasteiger partial charge in [-0.25, -0.2) is 0 Å². The minimum Gasteiger partial charge on any atom is -0.495 e. The number of likely N-dealkylation sites (tertiary alicyclic amines) is 1. The highest BCUT2D eigenvalue weighted by Crippen LogP contribution is 2.41. The summed E-state index contributed by atoms with van der Waals surface area (Å²) in [6.45, 7) is 0.216. The van der Waals surface area contributed by atoms with Crippen LogP contribution in [-0.4, -0.2) is 56.4 Å². The molecule has 25 heavy (non-hydrogen) atoms. The van der Waals surface area contributed by atoms with Gasteiger partial charge in [-0.05, 0) is 31.0 Å². The Morgan fingerprint density at radius 3 is 2.48 bits per heavy atom. The second kappa shape index (κ2) is 7.80. The van der Waals surface area contributed by atoms with E-state index in [2.05, 4.69) is 5.32 Å². The number of nitrogens with one attached hydrogen (secondary N) is 1. The third-order valence-electron chi connectivity index (χ3n) is 4.37. The smallest absolute Gasteiger partial charge is 0.417 e. The monoisotopic (exact) mass is 380 g/mol. The quantitative estimate of drug-likeness (QED) is 0.851. The number of carbonyl (C=O) groups is 1. The van der Waals surface area contributed by atoms with E-state index < -0.39 is 11.8 Å². The van der Waals surface area contributed by atoms with Gasteiger partial charge in [0.1, 0.15) is 5.75 Å². The van der Waals surface area contributed by atoms with Crippen molar-refractivity contribution in [2.45, 2.75) is 24.6 Å². The summed E-state index contributed by atoms with van der Waals surface area (Å²) in [5.74, 6) is 0.101. The number of benzene rings is 1. The summed E-state index contributed by atoms with van der Waals surface area (Å²) in [6.07, 6.45) is -4.84. The number of halogens is 4. The Morgan fingerprint density at radius 2 is 1.96 bits per heavy atom. The first-order chi connectivity index (χ1) is 11.7. The first kappa shape index (κ1) is 19.8. The number of amides is 1. The van der Waals surface area contributed by atoms with Crippen LogP contribution in [0, 0.1) is 0 Å². The topological polar surface area (TPSA) is 50.8 Å². The maximum atomic E-state index is 13.1. The molecule has 1 aliphatic rings. The highest BCUT2D eigenvalue weighted by Gasteiger charge is 2.56. The SMILES string of the molecule is COc1ccc(Cl)cc1NC(=O)CN1CCC(OC)(C(F)(F)F)CC1. The average molecular weight is 381 g/mol. The van der Waals surface area contributed by atoms with Crippen molar-refractivity contribution < 1.29 is 27.4 Å². The number of ether oxygens (including phenoxy) is 2. The number of methoxy groups -OCH3 is 2. The molecule has 0 radical (unpaired) electrons. The molecule has 1 heterocycles. The van der Waals surface area contributed by atoms with Crippen LogP contribution in [0.5, 0.6) is 5.75 Å². The van der Waals surface area contributed by atoms with E-state index >= 15 is 0 Å². The van der Waals surface area contributed by atoms with E-state index in [9.17, 15) is 18.0 Å². The van der Waals surface area contributed by atoms with E-state index in [0.717, 1.165) is 7.11 Å². The average Bonchev–Trinajstić information content (AvgIpc) is 2.54. The number of rotatable bonds is 5. The Bertz CT molecular complexity index is 617. The normalized spacial score (nSPS) is 18.0. The van der Waals surface area contributed by atoms with Crippen LogP contribution in [-0.2, 0) is 9.53 Å². The van der Waals surface area contributed by atoms with Crippen LogP contribution in [0.25, 0.3) is 0 Å². The van der Waals surface area contributed by atoms with Crippen molar-refractivity contribution in [2.24, 2.45) is 0 Å². The maximum Gasteiger partial charge on any atom is 0.417 e. The molecule has 1 N–H and O–H groups in total. The van der Waals surface area contributed by atoms with Crippen molar-refractivity contribution >= 4 is 23.2 Å². The third-order valence-corrected chi connectivity index (χ3v) is 4.61.